The number of rotatable bonds is 3. The Balaban J connectivity index is 1.92. The number of ether oxygens (including phenoxy) is 2. The summed E-state index contributed by atoms with van der Waals surface area (Å²) in [6.45, 7) is 5.47. The molecule has 2 atom stereocenters. The highest BCUT2D eigenvalue weighted by Crippen LogP contribution is 2.34. The van der Waals surface area contributed by atoms with Crippen LogP contribution in [0.2, 0.25) is 10.0 Å². The molecule has 0 aromatic heterocycles. The molecule has 4 heteroatoms. The second kappa shape index (κ2) is 6.14. The average molecular weight is 289 g/mol. The van der Waals surface area contributed by atoms with Crippen molar-refractivity contribution in [1.82, 2.24) is 0 Å². The van der Waals surface area contributed by atoms with Crippen molar-refractivity contribution in [3.63, 3.8) is 0 Å². The van der Waals surface area contributed by atoms with Crippen LogP contribution in [0, 0.1) is 12.8 Å². The van der Waals surface area contributed by atoms with Gasteiger partial charge in [0.25, 0.3) is 0 Å². The fraction of sp³-hybridized carbons (Fsp3) is 0.571. The molecular formula is C14H18Cl2O2. The fourth-order valence-corrected chi connectivity index (χ4v) is 2.41. The largest absolute Gasteiger partial charge is 0.489 e. The van der Waals surface area contributed by atoms with Crippen LogP contribution in [0.15, 0.2) is 12.1 Å². The van der Waals surface area contributed by atoms with Crippen molar-refractivity contribution in [2.24, 2.45) is 5.92 Å². The van der Waals surface area contributed by atoms with Crippen LogP contribution in [0.3, 0.4) is 0 Å². The van der Waals surface area contributed by atoms with E-state index in [0.29, 0.717) is 28.3 Å². The molecule has 0 bridgehead atoms. The molecule has 1 aliphatic heterocycles. The Kier molecular flexibility index (Phi) is 4.77. The number of hydrogen-bond acceptors (Lipinski definition) is 2. The third kappa shape index (κ3) is 3.31. The first-order valence-electron chi connectivity index (χ1n) is 6.27. The highest BCUT2D eigenvalue weighted by molar-refractivity contribution is 6.43. The molecule has 1 aromatic carbocycles. The van der Waals surface area contributed by atoms with Crippen molar-refractivity contribution in [2.75, 3.05) is 13.2 Å². The lowest BCUT2D eigenvalue weighted by Gasteiger charge is -2.27. The average Bonchev–Trinajstić information content (AvgIpc) is 2.37. The summed E-state index contributed by atoms with van der Waals surface area (Å²) in [6, 6.07) is 3.77. The third-order valence-corrected chi connectivity index (χ3v) is 4.22. The second-order valence-corrected chi connectivity index (χ2v) is 5.71. The second-order valence-electron chi connectivity index (χ2n) is 4.96. The molecule has 1 unspecified atom stereocenters. The first-order valence-corrected chi connectivity index (χ1v) is 7.02. The van der Waals surface area contributed by atoms with Crippen LogP contribution in [0.4, 0.5) is 0 Å². The molecule has 0 spiro atoms. The molecule has 0 saturated carbocycles. The molecule has 18 heavy (non-hydrogen) atoms. The van der Waals surface area contributed by atoms with Crippen molar-refractivity contribution >= 4 is 23.2 Å². The molecule has 1 fully saturated rings. The SMILES string of the molecule is Cc1ccc(OC[C@@H]2CCC(C)CO2)c(Cl)c1Cl. The van der Waals surface area contributed by atoms with Crippen molar-refractivity contribution in [3.05, 3.63) is 27.7 Å². The van der Waals surface area contributed by atoms with Crippen LogP contribution < -0.4 is 4.74 Å². The molecule has 1 aromatic rings. The highest BCUT2D eigenvalue weighted by atomic mass is 35.5. The maximum atomic E-state index is 6.14. The summed E-state index contributed by atoms with van der Waals surface area (Å²) >= 11 is 12.2. The van der Waals surface area contributed by atoms with Crippen LogP contribution >= 0.6 is 23.2 Å². The molecule has 0 N–H and O–H groups in total. The normalized spacial score (nSPS) is 24.0. The molecule has 1 heterocycles. The number of aryl methyl sites for hydroxylation is 1. The van der Waals surface area contributed by atoms with E-state index in [9.17, 15) is 0 Å². The van der Waals surface area contributed by atoms with Crippen LogP contribution in [0.5, 0.6) is 5.75 Å². The molecule has 0 amide bonds. The standard InChI is InChI=1S/C14H18Cl2O2/c1-9-3-5-11(17-7-9)8-18-12-6-4-10(2)13(15)14(12)16/h4,6,9,11H,3,5,7-8H2,1-2H3/t9?,11-/m0/s1. The van der Waals surface area contributed by atoms with Crippen LogP contribution in [0.25, 0.3) is 0 Å². The summed E-state index contributed by atoms with van der Waals surface area (Å²) in [5.41, 5.74) is 0.955. The van der Waals surface area contributed by atoms with E-state index in [1.54, 1.807) is 0 Å². The zero-order chi connectivity index (χ0) is 13.1. The lowest BCUT2D eigenvalue weighted by molar-refractivity contribution is -0.0333. The minimum Gasteiger partial charge on any atom is -0.489 e. The van der Waals surface area contributed by atoms with Gasteiger partial charge < -0.3 is 9.47 Å². The molecule has 1 saturated heterocycles. The van der Waals surface area contributed by atoms with E-state index in [0.717, 1.165) is 18.6 Å². The van der Waals surface area contributed by atoms with Gasteiger partial charge in [-0.15, -0.1) is 0 Å². The molecule has 0 radical (unpaired) electrons. The molecule has 100 valence electrons. The van der Waals surface area contributed by atoms with Crippen LogP contribution in [-0.4, -0.2) is 19.3 Å². The maximum Gasteiger partial charge on any atom is 0.139 e. The number of hydrogen-bond donors (Lipinski definition) is 0. The Morgan fingerprint density at radius 2 is 2.06 bits per heavy atom. The van der Waals surface area contributed by atoms with Gasteiger partial charge in [-0.25, -0.2) is 0 Å². The minimum absolute atomic E-state index is 0.164. The first kappa shape index (κ1) is 14.0. The van der Waals surface area contributed by atoms with E-state index in [2.05, 4.69) is 6.92 Å². The van der Waals surface area contributed by atoms with E-state index in [-0.39, 0.29) is 6.10 Å². The Bertz CT molecular complexity index is 413. The molecule has 1 aliphatic rings. The predicted octanol–water partition coefficient (Wildman–Crippen LogP) is 4.50. The molecule has 2 rings (SSSR count). The number of halogens is 2. The topological polar surface area (TPSA) is 18.5 Å². The summed E-state index contributed by atoms with van der Waals surface area (Å²) < 4.78 is 11.4. The van der Waals surface area contributed by atoms with Gasteiger partial charge in [0.1, 0.15) is 17.4 Å². The Morgan fingerprint density at radius 1 is 1.28 bits per heavy atom. The van der Waals surface area contributed by atoms with Gasteiger partial charge in [0.2, 0.25) is 0 Å². The van der Waals surface area contributed by atoms with Gasteiger partial charge >= 0.3 is 0 Å². The van der Waals surface area contributed by atoms with Gasteiger partial charge in [-0.05, 0) is 37.3 Å². The van der Waals surface area contributed by atoms with E-state index < -0.39 is 0 Å². The van der Waals surface area contributed by atoms with Gasteiger partial charge in [0.05, 0.1) is 11.1 Å². The summed E-state index contributed by atoms with van der Waals surface area (Å²) in [5, 5.41) is 1.05. The summed E-state index contributed by atoms with van der Waals surface area (Å²) in [7, 11) is 0. The van der Waals surface area contributed by atoms with Crippen molar-refractivity contribution in [3.8, 4) is 5.75 Å². The van der Waals surface area contributed by atoms with Gasteiger partial charge in [0.15, 0.2) is 0 Å². The van der Waals surface area contributed by atoms with E-state index in [1.807, 2.05) is 19.1 Å². The van der Waals surface area contributed by atoms with Gasteiger partial charge in [0, 0.05) is 6.61 Å². The van der Waals surface area contributed by atoms with Gasteiger partial charge in [-0.3, -0.25) is 0 Å². The zero-order valence-electron chi connectivity index (χ0n) is 10.7. The Morgan fingerprint density at radius 3 is 2.72 bits per heavy atom. The molecule has 0 aliphatic carbocycles. The van der Waals surface area contributed by atoms with Crippen molar-refractivity contribution in [1.29, 1.82) is 0 Å². The predicted molar refractivity (Wildman–Crippen MR) is 74.8 cm³/mol. The van der Waals surface area contributed by atoms with Gasteiger partial charge in [-0.1, -0.05) is 36.2 Å². The van der Waals surface area contributed by atoms with Crippen LogP contribution in [0.1, 0.15) is 25.3 Å². The lowest BCUT2D eigenvalue weighted by atomic mass is 10.0. The third-order valence-electron chi connectivity index (χ3n) is 3.26. The minimum atomic E-state index is 0.164. The number of benzene rings is 1. The van der Waals surface area contributed by atoms with Gasteiger partial charge in [-0.2, -0.15) is 0 Å². The Hall–Kier alpha value is -0.440. The molecule has 2 nitrogen and oxygen atoms in total. The zero-order valence-corrected chi connectivity index (χ0v) is 12.2. The van der Waals surface area contributed by atoms with Crippen LogP contribution in [-0.2, 0) is 4.74 Å². The maximum absolute atomic E-state index is 6.14. The smallest absolute Gasteiger partial charge is 0.139 e. The van der Waals surface area contributed by atoms with Crippen molar-refractivity contribution < 1.29 is 9.47 Å². The fourth-order valence-electron chi connectivity index (χ4n) is 1.99. The quantitative estimate of drug-likeness (QED) is 0.816. The van der Waals surface area contributed by atoms with E-state index in [1.165, 1.54) is 6.42 Å². The van der Waals surface area contributed by atoms with E-state index in [4.69, 9.17) is 32.7 Å². The summed E-state index contributed by atoms with van der Waals surface area (Å²) in [6.07, 6.45) is 2.40. The Labute approximate surface area is 118 Å². The van der Waals surface area contributed by atoms with Crippen molar-refractivity contribution in [2.45, 2.75) is 32.8 Å². The monoisotopic (exact) mass is 288 g/mol. The highest BCUT2D eigenvalue weighted by Gasteiger charge is 2.19. The lowest BCUT2D eigenvalue weighted by Crippen LogP contribution is -2.29. The molecular weight excluding hydrogens is 271 g/mol. The summed E-state index contributed by atoms with van der Waals surface area (Å²) in [4.78, 5) is 0. The first-order chi connectivity index (χ1) is 8.58. The van der Waals surface area contributed by atoms with E-state index >= 15 is 0 Å². The summed E-state index contributed by atoms with van der Waals surface area (Å²) in [5.74, 6) is 1.29.